The van der Waals surface area contributed by atoms with E-state index in [1.54, 1.807) is 24.4 Å². The maximum absolute atomic E-state index is 12.1. The van der Waals surface area contributed by atoms with Crippen LogP contribution in [0.4, 0.5) is 0 Å². The zero-order valence-electron chi connectivity index (χ0n) is 50.8. The molecule has 0 aliphatic carbocycles. The number of aryl methyl sites for hydroxylation is 5. The van der Waals surface area contributed by atoms with Gasteiger partial charge in [0, 0.05) is 93.9 Å². The lowest BCUT2D eigenvalue weighted by Gasteiger charge is -2.12. The number of H-pyrrole nitrogens is 4. The number of aromatic amines is 4. The van der Waals surface area contributed by atoms with Crippen LogP contribution in [0.15, 0.2) is 99.6 Å². The molecule has 0 spiro atoms. The van der Waals surface area contributed by atoms with Crippen LogP contribution in [-0.2, 0) is 54.6 Å². The predicted molar refractivity (Wildman–Crippen MR) is 294 cm³/mol. The lowest BCUT2D eigenvalue weighted by Crippen LogP contribution is -2.24. The smallest absolute Gasteiger partial charge is 0.369 e. The summed E-state index contributed by atoms with van der Waals surface area (Å²) in [5.41, 5.74) is 2.05. The van der Waals surface area contributed by atoms with Crippen LogP contribution in [-0.4, -0.2) is 167 Å². The van der Waals surface area contributed by atoms with Gasteiger partial charge in [-0.15, -0.1) is 65.9 Å². The summed E-state index contributed by atoms with van der Waals surface area (Å²) in [4.78, 5) is 48.1. The fourth-order valence-corrected chi connectivity index (χ4v) is 7.11. The molecule has 0 bridgehead atoms. The van der Waals surface area contributed by atoms with Crippen LogP contribution >= 0.6 is 0 Å². The monoisotopic (exact) mass is 1210 g/mol. The number of hydrogen-bond acceptors (Lipinski definition) is 29. The number of hydrogen-bond donors (Lipinski definition) is 4. The van der Waals surface area contributed by atoms with E-state index in [4.69, 9.17) is 35.8 Å². The molecule has 0 saturated heterocycles. The highest BCUT2D eigenvalue weighted by Crippen LogP contribution is 2.24. The maximum Gasteiger partial charge on any atom is 0.369 e. The molecule has 0 aliphatic rings. The van der Waals surface area contributed by atoms with Gasteiger partial charge in [-0.2, -0.15) is 39.1 Å². The molecule has 0 aromatic carbocycles. The Morgan fingerprint density at radius 2 is 0.852 bits per heavy atom. The summed E-state index contributed by atoms with van der Waals surface area (Å²) in [5, 5.41) is 79.3. The molecule has 88 heavy (non-hydrogen) atoms. The highest BCUT2D eigenvalue weighted by atomic mass is 16.5. The van der Waals surface area contributed by atoms with Crippen LogP contribution in [0.25, 0.3) is 29.3 Å². The highest BCUT2D eigenvalue weighted by Gasteiger charge is 2.22. The minimum Gasteiger partial charge on any atom is -0.492 e. The van der Waals surface area contributed by atoms with Crippen molar-refractivity contribution in [1.29, 1.82) is 0 Å². The standard InChI is InChI=1S/C12H14N8O3.C12H12N8O2.C12H10N8O2.C11H12N8O2/c1-3-22-9-6-14-16-11(20-12(21)19(2)17-18-20)8(9)7-23-10-4-5-13-15-10;2*1-3-8-6-14-16-11(20-12(21)19(2)17-18-20)9(8)7-22-10-4-5-13-15-10;1-7-5-13-15-10(19-11(20)18(2)16-17-19)8(7)6-21-9-3-4-12-14-9/h4-6H,3,7H2,1-2H3,(H,13,15);3-6H,1,7H2,2H3,(H,13,15);1,4-6H,7H2,2H3,(H,13,15);3-5H,6H2,1-2H3,(H,12,14)/i/hT4. The van der Waals surface area contributed by atoms with E-state index in [0.717, 1.165) is 63.4 Å². The molecule has 12 rings (SSSR count). The first-order valence-corrected chi connectivity index (χ1v) is 25.1. The van der Waals surface area contributed by atoms with E-state index < -0.39 is 22.8 Å². The van der Waals surface area contributed by atoms with Crippen LogP contribution < -0.4 is 46.4 Å². The van der Waals surface area contributed by atoms with Gasteiger partial charge in [0.2, 0.25) is 23.5 Å². The van der Waals surface area contributed by atoms with Crippen molar-refractivity contribution in [1.82, 2.24) is 161 Å². The largest absolute Gasteiger partial charge is 0.492 e. The van der Waals surface area contributed by atoms with Gasteiger partial charge in [-0.25, -0.2) is 19.2 Å². The van der Waals surface area contributed by atoms with Crippen molar-refractivity contribution in [3.05, 3.63) is 161 Å². The van der Waals surface area contributed by atoms with Crippen LogP contribution in [0, 0.1) is 19.3 Å². The molecule has 12 aromatic rings. The molecular weight excluding hydrogens is 1160 g/mol. The molecule has 0 saturated carbocycles. The number of terminal acetylenes is 1. The fraction of sp³-hybridized carbons (Fsp3) is 0.234. The highest BCUT2D eigenvalue weighted by molar-refractivity contribution is 5.54. The van der Waals surface area contributed by atoms with E-state index in [-0.39, 0.29) is 67.3 Å². The minimum atomic E-state index is -0.495. The second-order valence-electron chi connectivity index (χ2n) is 17.1. The number of nitrogens with one attached hydrogen (secondary N) is 4. The van der Waals surface area contributed by atoms with Crippen molar-refractivity contribution in [2.75, 3.05) is 6.61 Å². The van der Waals surface area contributed by atoms with Crippen molar-refractivity contribution in [3.63, 3.8) is 0 Å². The third-order valence-electron chi connectivity index (χ3n) is 11.5. The van der Waals surface area contributed by atoms with Crippen molar-refractivity contribution in [3.8, 4) is 64.9 Å². The van der Waals surface area contributed by atoms with Gasteiger partial charge in [0.25, 0.3) is 0 Å². The third kappa shape index (κ3) is 13.7. The van der Waals surface area contributed by atoms with E-state index in [2.05, 4.69) is 115 Å². The van der Waals surface area contributed by atoms with Gasteiger partial charge in [0.05, 0.1) is 48.1 Å². The Morgan fingerprint density at radius 3 is 1.23 bits per heavy atom. The van der Waals surface area contributed by atoms with E-state index in [1.165, 1.54) is 83.7 Å². The lowest BCUT2D eigenvalue weighted by molar-refractivity contribution is 0.275. The molecule has 4 N–H and O–H groups in total. The van der Waals surface area contributed by atoms with Gasteiger partial charge in [-0.1, -0.05) is 18.6 Å². The first kappa shape index (κ1) is 54.2. The molecule has 0 amide bonds. The summed E-state index contributed by atoms with van der Waals surface area (Å²) < 4.78 is 65.2. The van der Waals surface area contributed by atoms with Gasteiger partial charge in [-0.3, -0.25) is 20.4 Å². The van der Waals surface area contributed by atoms with Crippen LogP contribution in [0.5, 0.6) is 29.3 Å². The second kappa shape index (κ2) is 27.8. The lowest BCUT2D eigenvalue weighted by atomic mass is 10.1. The third-order valence-corrected chi connectivity index (χ3v) is 11.5. The summed E-state index contributed by atoms with van der Waals surface area (Å²) in [6, 6.07) is 6.16. The Labute approximate surface area is 496 Å². The Hall–Kier alpha value is -13.1. The predicted octanol–water partition coefficient (Wildman–Crippen LogP) is -2.44. The number of tetrazole rings is 4. The van der Waals surface area contributed by atoms with Gasteiger partial charge < -0.3 is 23.7 Å². The van der Waals surface area contributed by atoms with E-state index in [1.807, 2.05) is 13.8 Å². The number of aromatic nitrogens is 32. The number of nitrogens with zero attached hydrogens (tertiary/aromatic N) is 28. The Bertz CT molecular complexity index is 4830. The molecule has 41 nitrogen and oxygen atoms in total. The summed E-state index contributed by atoms with van der Waals surface area (Å²) in [6.45, 7) is 7.88. The first-order chi connectivity index (χ1) is 44.3. The first-order valence-electron chi connectivity index (χ1n) is 26.9. The van der Waals surface area contributed by atoms with Crippen molar-refractivity contribution in [2.24, 2.45) is 28.2 Å². The molecule has 12 heterocycles. The summed E-state index contributed by atoms with van der Waals surface area (Å²) in [7, 11) is 5.91. The second-order valence-corrected chi connectivity index (χ2v) is 17.1. The molecular formula is C47H48N32O9. The molecule has 12 aromatic heterocycles. The molecule has 0 aliphatic heterocycles. The zero-order valence-corrected chi connectivity index (χ0v) is 46.8. The van der Waals surface area contributed by atoms with Crippen LogP contribution in [0.2, 0.25) is 5.65 Å². The van der Waals surface area contributed by atoms with Crippen LogP contribution in [0.3, 0.4) is 0 Å². The Balaban J connectivity index is 0.000000145. The average Bonchev–Trinajstić information content (AvgIpc) is 1.67. The molecule has 0 fully saturated rings. The summed E-state index contributed by atoms with van der Waals surface area (Å²) in [6.07, 6.45) is 18.6. The molecule has 0 radical (unpaired) electrons. The summed E-state index contributed by atoms with van der Waals surface area (Å²) in [5.74, 6) is 4.65. The van der Waals surface area contributed by atoms with Gasteiger partial charge in [-0.05, 0) is 61.1 Å². The summed E-state index contributed by atoms with van der Waals surface area (Å²) >= 11 is 0. The number of rotatable bonds is 19. The normalized spacial score (nSPS) is 11.2. The van der Waals surface area contributed by atoms with Crippen molar-refractivity contribution in [2.45, 2.75) is 40.3 Å². The van der Waals surface area contributed by atoms with Crippen molar-refractivity contribution < 1.29 is 29.3 Å². The quantitative estimate of drug-likeness (QED) is 0.0611. The minimum absolute atomic E-state index is 0.000213. The topological polar surface area (TPSA) is 475 Å². The van der Waals surface area contributed by atoms with Crippen LogP contribution in [0.1, 0.15) is 45.9 Å². The maximum atomic E-state index is 12.1. The SMILES string of the molecule is [3H]n1ccc(OCc2c(C#C)cnnc2-n2nnn(C)c2=O)n1.[3H]n1ccc(OCc2c(C)cnnc2-n2nnn(C)c2=O)n1.[3H]n1ccc(OCc2c(C=C)cnnc2-n2nnn(C)c2=O)n1.[3H]n1ccc(OCc2c(OCC)cnnc2-n2nnn(C)c2=O)n1. The Kier molecular flexibility index (Phi) is 17.1. The van der Waals surface area contributed by atoms with Gasteiger partial charge >= 0.3 is 22.8 Å². The van der Waals surface area contributed by atoms with Crippen molar-refractivity contribution >= 4 is 6.08 Å². The molecule has 41 heteroatoms. The van der Waals surface area contributed by atoms with E-state index in [0.29, 0.717) is 51.6 Å². The van der Waals surface area contributed by atoms with Gasteiger partial charge in [0.15, 0.2) is 28.9 Å². The van der Waals surface area contributed by atoms with E-state index in [9.17, 15) is 19.2 Å². The van der Waals surface area contributed by atoms with E-state index >= 15 is 0 Å². The van der Waals surface area contributed by atoms with Gasteiger partial charge in [0.1, 0.15) is 32.2 Å². The Morgan fingerprint density at radius 1 is 0.500 bits per heavy atom. The molecule has 450 valence electrons. The fourth-order valence-electron chi connectivity index (χ4n) is 7.11. The molecule has 0 unspecified atom stereocenters. The number of ether oxygens (including phenoxy) is 5. The molecule has 0 atom stereocenters. The average molecular weight is 1210 g/mol. The zero-order chi connectivity index (χ0) is 65.6.